The van der Waals surface area contributed by atoms with Crippen LogP contribution in [0, 0.1) is 22.1 Å². The van der Waals surface area contributed by atoms with Crippen molar-refractivity contribution in [1.29, 1.82) is 5.26 Å². The van der Waals surface area contributed by atoms with Gasteiger partial charge in [0, 0.05) is 41.2 Å². The lowest BCUT2D eigenvalue weighted by Gasteiger charge is -2.27. The molecule has 186 valence electrons. The maximum atomic E-state index is 14.7. The summed E-state index contributed by atoms with van der Waals surface area (Å²) in [4.78, 5) is 33.4. The molecule has 0 spiro atoms. The van der Waals surface area contributed by atoms with Crippen LogP contribution in [0.5, 0.6) is 0 Å². The van der Waals surface area contributed by atoms with Crippen LogP contribution in [0.2, 0.25) is 0 Å². The van der Waals surface area contributed by atoms with E-state index in [-0.39, 0.29) is 23.1 Å². The van der Waals surface area contributed by atoms with Crippen molar-refractivity contribution in [1.82, 2.24) is 14.8 Å². The van der Waals surface area contributed by atoms with Crippen LogP contribution in [0.15, 0.2) is 54.0 Å². The summed E-state index contributed by atoms with van der Waals surface area (Å²) in [6.07, 6.45) is 4.86. The van der Waals surface area contributed by atoms with Crippen LogP contribution in [0.4, 0.5) is 4.39 Å². The zero-order valence-electron chi connectivity index (χ0n) is 20.0. The van der Waals surface area contributed by atoms with Crippen LogP contribution < -0.4 is 5.73 Å². The maximum absolute atomic E-state index is 14.7. The summed E-state index contributed by atoms with van der Waals surface area (Å²) in [5, 5.41) is 16.6. The number of nitriles is 1. The number of halogens is 1. The van der Waals surface area contributed by atoms with Gasteiger partial charge in [-0.25, -0.2) is 9.18 Å². The van der Waals surface area contributed by atoms with Gasteiger partial charge in [-0.15, -0.1) is 4.91 Å². The van der Waals surface area contributed by atoms with Gasteiger partial charge in [-0.1, -0.05) is 12.1 Å². The Hall–Kier alpha value is -4.49. The smallest absolute Gasteiger partial charge is 0.328 e. The molecule has 9 nitrogen and oxygen atoms in total. The van der Waals surface area contributed by atoms with Crippen LogP contribution in [-0.2, 0) is 11.9 Å². The summed E-state index contributed by atoms with van der Waals surface area (Å²) in [7, 11) is 1.82. The summed E-state index contributed by atoms with van der Waals surface area (Å²) >= 11 is 0. The van der Waals surface area contributed by atoms with Crippen molar-refractivity contribution in [3.05, 3.63) is 76.2 Å². The first kappa shape index (κ1) is 24.2. The largest absolute Gasteiger partial charge is 0.370 e. The van der Waals surface area contributed by atoms with E-state index in [2.05, 4.69) is 15.3 Å². The molecule has 0 atom stereocenters. The Morgan fingerprint density at radius 1 is 1.16 bits per heavy atom. The minimum atomic E-state index is -0.942. The fourth-order valence-corrected chi connectivity index (χ4v) is 5.01. The maximum Gasteiger partial charge on any atom is 0.370 e. The van der Waals surface area contributed by atoms with Crippen LogP contribution in [0.3, 0.4) is 0 Å². The number of rotatable bonds is 5. The lowest BCUT2D eigenvalue weighted by atomic mass is 9.82. The van der Waals surface area contributed by atoms with Gasteiger partial charge >= 0.3 is 5.97 Å². The van der Waals surface area contributed by atoms with E-state index in [1.54, 1.807) is 29.1 Å². The molecule has 2 heterocycles. The Kier molecular flexibility index (Phi) is 6.46. The van der Waals surface area contributed by atoms with Gasteiger partial charge < -0.3 is 5.73 Å². The molecule has 37 heavy (non-hydrogen) atoms. The number of benzene rings is 2. The van der Waals surface area contributed by atoms with E-state index in [1.807, 2.05) is 25.2 Å². The van der Waals surface area contributed by atoms with Crippen molar-refractivity contribution in [2.24, 2.45) is 18.1 Å². The third-order valence-electron chi connectivity index (χ3n) is 6.97. The predicted octanol–water partition coefficient (Wildman–Crippen LogP) is 5.14. The second kappa shape index (κ2) is 9.87. The van der Waals surface area contributed by atoms with Gasteiger partial charge in [0.05, 0.1) is 28.5 Å². The van der Waals surface area contributed by atoms with E-state index in [4.69, 9.17) is 10.7 Å². The first-order valence-corrected chi connectivity index (χ1v) is 11.9. The lowest BCUT2D eigenvalue weighted by Crippen LogP contribution is -2.26. The molecule has 5 rings (SSSR count). The van der Waals surface area contributed by atoms with E-state index in [9.17, 15) is 19.4 Å². The topological polar surface area (TPSA) is 136 Å². The van der Waals surface area contributed by atoms with Crippen LogP contribution in [0.25, 0.3) is 33.3 Å². The molecule has 10 heteroatoms. The summed E-state index contributed by atoms with van der Waals surface area (Å²) in [5.74, 6) is -1.63. The molecule has 2 N–H and O–H groups in total. The average Bonchev–Trinajstić information content (AvgIpc) is 3.28. The Morgan fingerprint density at radius 2 is 1.92 bits per heavy atom. The molecule has 0 amide bonds. The van der Waals surface area contributed by atoms with E-state index in [1.165, 1.54) is 12.1 Å². The summed E-state index contributed by atoms with van der Waals surface area (Å²) < 4.78 is 16.5. The summed E-state index contributed by atoms with van der Waals surface area (Å²) in [5.41, 5.74) is 9.23. The fraction of sp³-hybridized carbons (Fsp3) is 0.259. The molecule has 2 aromatic heterocycles. The first-order valence-electron chi connectivity index (χ1n) is 11.9. The Labute approximate surface area is 211 Å². The molecule has 1 saturated carbocycles. The second-order valence-corrected chi connectivity index (χ2v) is 9.23. The molecule has 0 radical (unpaired) electrons. The van der Waals surface area contributed by atoms with Crippen LogP contribution in [0.1, 0.15) is 53.2 Å². The van der Waals surface area contributed by atoms with Crippen molar-refractivity contribution in [2.75, 3.05) is 0 Å². The zero-order valence-corrected chi connectivity index (χ0v) is 20.0. The number of hydrogen-bond donors (Lipinski definition) is 1. The number of carbonyl (C=O) groups is 1. The van der Waals surface area contributed by atoms with Gasteiger partial charge in [-0.05, 0) is 61.6 Å². The van der Waals surface area contributed by atoms with Gasteiger partial charge in [0.2, 0.25) is 0 Å². The fourth-order valence-electron chi connectivity index (χ4n) is 5.01. The number of hydrogen-bond acceptors (Lipinski definition) is 8. The van der Waals surface area contributed by atoms with Crippen molar-refractivity contribution in [3.8, 4) is 28.5 Å². The lowest BCUT2D eigenvalue weighted by molar-refractivity contribution is 0.0509. The number of fused-ring (bicyclic) bond motifs is 1. The highest BCUT2D eigenvalue weighted by molar-refractivity contribution is 6.02. The Morgan fingerprint density at radius 3 is 2.62 bits per heavy atom. The molecule has 0 unspecified atom stereocenters. The Balaban J connectivity index is 1.79. The Bertz CT molecular complexity index is 1570. The number of pyridine rings is 1. The monoisotopic (exact) mass is 498 g/mol. The molecule has 1 aliphatic carbocycles. The van der Waals surface area contributed by atoms with Gasteiger partial charge in [0.1, 0.15) is 11.9 Å². The van der Waals surface area contributed by atoms with Gasteiger partial charge in [0.25, 0.3) is 0 Å². The normalized spacial score (nSPS) is 17.4. The second-order valence-electron chi connectivity index (χ2n) is 9.23. The number of aryl methyl sites for hydroxylation is 1. The quantitative estimate of drug-likeness (QED) is 0.297. The molecule has 1 aliphatic rings. The number of carbonyl (C=O) groups excluding carboxylic acids is 1. The minimum Gasteiger partial charge on any atom is -0.328 e. The highest BCUT2D eigenvalue weighted by Crippen LogP contribution is 2.40. The third-order valence-corrected chi connectivity index (χ3v) is 6.97. The molecule has 0 bridgehead atoms. The van der Waals surface area contributed by atoms with Crippen molar-refractivity contribution >= 4 is 16.9 Å². The van der Waals surface area contributed by atoms with Crippen molar-refractivity contribution in [3.63, 3.8) is 0 Å². The molecule has 0 saturated heterocycles. The van der Waals surface area contributed by atoms with Crippen molar-refractivity contribution in [2.45, 2.75) is 37.6 Å². The molecule has 0 aliphatic heterocycles. The highest BCUT2D eigenvalue weighted by atomic mass is 19.1. The average molecular weight is 499 g/mol. The van der Waals surface area contributed by atoms with E-state index in [0.717, 1.165) is 36.6 Å². The number of nitrogens with zero attached hydrogens (tertiary/aromatic N) is 5. The zero-order chi connectivity index (χ0) is 26.1. The first-order chi connectivity index (χ1) is 17.9. The molecular formula is C27H23FN6O3. The predicted molar refractivity (Wildman–Crippen MR) is 134 cm³/mol. The highest BCUT2D eigenvalue weighted by Gasteiger charge is 2.28. The van der Waals surface area contributed by atoms with E-state index >= 15 is 0 Å². The van der Waals surface area contributed by atoms with E-state index in [0.29, 0.717) is 28.1 Å². The molecular weight excluding hydrogens is 475 g/mol. The third kappa shape index (κ3) is 4.57. The van der Waals surface area contributed by atoms with Crippen LogP contribution in [-0.4, -0.2) is 26.8 Å². The minimum absolute atomic E-state index is 0.0207. The van der Waals surface area contributed by atoms with Crippen molar-refractivity contribution < 1.29 is 14.0 Å². The summed E-state index contributed by atoms with van der Waals surface area (Å²) in [6.45, 7) is 0. The number of aromatic nitrogens is 3. The summed E-state index contributed by atoms with van der Waals surface area (Å²) in [6, 6.07) is 13.2. The number of nitrogens with two attached hydrogens (primary N) is 1. The molecule has 4 aromatic rings. The molecule has 1 fully saturated rings. The molecule has 2 aromatic carbocycles. The standard InChI is InChI=1S/C27H23FN6O3/c1-34-24-9-6-16(10-19(24)14-31-34)25-21(27(35)37-33-36)12-23(15-4-7-20(30)8-5-15)32-26(25)17-2-3-18(13-29)22(28)11-17/h2-3,6,9-12,14-15,20H,4-5,7-8,30H2,1H3. The van der Waals surface area contributed by atoms with Crippen LogP contribution >= 0.6 is 0 Å². The van der Waals surface area contributed by atoms with Gasteiger partial charge in [0.15, 0.2) is 5.34 Å². The van der Waals surface area contributed by atoms with Gasteiger partial charge in [-0.2, -0.15) is 10.4 Å². The van der Waals surface area contributed by atoms with E-state index < -0.39 is 11.8 Å². The van der Waals surface area contributed by atoms with Gasteiger partial charge in [-0.3, -0.25) is 14.5 Å². The SMILES string of the molecule is Cn1ncc2cc(-c3c(C(=O)ON=O)cc(C4CCC(N)CC4)nc3-c3ccc(C#N)c(F)c3)ccc21.